The standard InChI is InChI=1S/C9H9NO5.C9H10O3.C7H8O2/c1-6(11)15-7-3-4-9(14-2)8(5-7)10(12)13;1-7(10)12-9-5-3-8(11-2)4-6-9;1-9-7-4-2-6(8)3-5-7/h3-5H,1-2H3;3-6H,1-2H3;2-5,8H,1H3. The van der Waals surface area contributed by atoms with Gasteiger partial charge in [-0.2, -0.15) is 0 Å². The van der Waals surface area contributed by atoms with Crippen molar-refractivity contribution in [2.75, 3.05) is 21.3 Å². The molecule has 0 aliphatic rings. The second kappa shape index (κ2) is 15.2. The van der Waals surface area contributed by atoms with E-state index >= 15 is 0 Å². The summed E-state index contributed by atoms with van der Waals surface area (Å²) in [5.41, 5.74) is -0.240. The number of nitrogens with zero attached hydrogens (tertiary/aromatic N) is 1. The highest BCUT2D eigenvalue weighted by Crippen LogP contribution is 2.30. The van der Waals surface area contributed by atoms with Gasteiger partial charge in [-0.15, -0.1) is 0 Å². The lowest BCUT2D eigenvalue weighted by atomic mass is 10.3. The number of carbonyl (C=O) groups excluding carboxylic acids is 2. The molecule has 0 unspecified atom stereocenters. The summed E-state index contributed by atoms with van der Waals surface area (Å²) < 4.78 is 24.1. The van der Waals surface area contributed by atoms with Crippen LogP contribution >= 0.6 is 0 Å². The number of carbonyl (C=O) groups is 2. The lowest BCUT2D eigenvalue weighted by molar-refractivity contribution is -0.385. The van der Waals surface area contributed by atoms with E-state index in [0.717, 1.165) is 17.6 Å². The van der Waals surface area contributed by atoms with Crippen LogP contribution in [0.15, 0.2) is 66.7 Å². The number of hydrogen-bond donors (Lipinski definition) is 1. The first-order valence-electron chi connectivity index (χ1n) is 10.3. The number of phenolic OH excluding ortho intramolecular Hbond substituents is 1. The van der Waals surface area contributed by atoms with E-state index in [1.165, 1.54) is 33.1 Å². The fourth-order valence-corrected chi connectivity index (χ4v) is 2.43. The van der Waals surface area contributed by atoms with Gasteiger partial charge in [0.25, 0.3) is 0 Å². The highest BCUT2D eigenvalue weighted by molar-refractivity contribution is 5.70. The van der Waals surface area contributed by atoms with Crippen molar-refractivity contribution < 1.29 is 43.3 Å². The molecule has 192 valence electrons. The number of benzene rings is 3. The van der Waals surface area contributed by atoms with Gasteiger partial charge >= 0.3 is 17.6 Å². The zero-order valence-corrected chi connectivity index (χ0v) is 20.4. The Balaban J connectivity index is 0.000000279. The van der Waals surface area contributed by atoms with Crippen LogP contribution in [0.3, 0.4) is 0 Å². The average Bonchev–Trinajstić information content (AvgIpc) is 2.85. The minimum atomic E-state index is -0.605. The zero-order chi connectivity index (χ0) is 27.1. The molecule has 0 amide bonds. The van der Waals surface area contributed by atoms with Crippen molar-refractivity contribution in [1.29, 1.82) is 0 Å². The quantitative estimate of drug-likeness (QED) is 0.221. The summed E-state index contributed by atoms with van der Waals surface area (Å²) in [6.07, 6.45) is 0. The number of aromatic hydroxyl groups is 1. The van der Waals surface area contributed by atoms with Crippen molar-refractivity contribution in [3.63, 3.8) is 0 Å². The molecule has 0 bridgehead atoms. The molecule has 36 heavy (non-hydrogen) atoms. The Labute approximate surface area is 207 Å². The third-order valence-electron chi connectivity index (χ3n) is 4.00. The highest BCUT2D eigenvalue weighted by atomic mass is 16.6. The molecule has 0 heterocycles. The van der Waals surface area contributed by atoms with Crippen molar-refractivity contribution in [3.05, 3.63) is 76.8 Å². The van der Waals surface area contributed by atoms with Crippen LogP contribution in [0, 0.1) is 10.1 Å². The molecule has 0 radical (unpaired) electrons. The molecule has 0 spiro atoms. The Morgan fingerprint density at radius 2 is 1.11 bits per heavy atom. The molecule has 3 aromatic rings. The van der Waals surface area contributed by atoms with Gasteiger partial charge < -0.3 is 28.8 Å². The number of ether oxygens (including phenoxy) is 5. The molecule has 1 N–H and O–H groups in total. The third kappa shape index (κ3) is 10.9. The molecule has 0 saturated heterocycles. The van der Waals surface area contributed by atoms with Crippen LogP contribution < -0.4 is 23.7 Å². The van der Waals surface area contributed by atoms with E-state index < -0.39 is 10.9 Å². The predicted molar refractivity (Wildman–Crippen MR) is 130 cm³/mol. The summed E-state index contributed by atoms with van der Waals surface area (Å²) in [5.74, 6) is 1.68. The van der Waals surface area contributed by atoms with Crippen LogP contribution in [0.4, 0.5) is 5.69 Å². The second-order valence-corrected chi connectivity index (χ2v) is 6.65. The van der Waals surface area contributed by atoms with E-state index in [9.17, 15) is 19.7 Å². The minimum absolute atomic E-state index is 0.120. The maximum atomic E-state index is 10.6. The van der Waals surface area contributed by atoms with Crippen molar-refractivity contribution in [1.82, 2.24) is 0 Å². The second-order valence-electron chi connectivity index (χ2n) is 6.65. The van der Waals surface area contributed by atoms with Gasteiger partial charge in [-0.05, 0) is 60.7 Å². The largest absolute Gasteiger partial charge is 0.508 e. The summed E-state index contributed by atoms with van der Waals surface area (Å²) in [6.45, 7) is 2.58. The van der Waals surface area contributed by atoms with E-state index in [-0.39, 0.29) is 28.9 Å². The van der Waals surface area contributed by atoms with E-state index in [1.54, 1.807) is 62.8 Å². The molecule has 0 aliphatic heterocycles. The molecule has 3 aromatic carbocycles. The van der Waals surface area contributed by atoms with Crippen LogP contribution in [0.1, 0.15) is 13.8 Å². The van der Waals surface area contributed by atoms with Gasteiger partial charge in [0, 0.05) is 13.8 Å². The molecule has 0 atom stereocenters. The Bertz CT molecular complexity index is 1130. The Morgan fingerprint density at radius 3 is 1.53 bits per heavy atom. The van der Waals surface area contributed by atoms with Crippen molar-refractivity contribution in [2.24, 2.45) is 0 Å². The van der Waals surface area contributed by atoms with E-state index in [4.69, 9.17) is 28.8 Å². The van der Waals surface area contributed by atoms with Gasteiger partial charge in [0.2, 0.25) is 0 Å². The summed E-state index contributed by atoms with van der Waals surface area (Å²) in [4.78, 5) is 31.1. The SMILES string of the molecule is COc1ccc(O)cc1.COc1ccc(OC(C)=O)cc1.COc1ccc(OC(C)=O)cc1[N+](=O)[O-]. The number of hydrogen-bond acceptors (Lipinski definition) is 10. The molecular formula is C25H27NO10. The first-order valence-corrected chi connectivity index (χ1v) is 10.3. The fourth-order valence-electron chi connectivity index (χ4n) is 2.43. The minimum Gasteiger partial charge on any atom is -0.508 e. The summed E-state index contributed by atoms with van der Waals surface area (Å²) in [5, 5.41) is 19.4. The first-order chi connectivity index (χ1) is 17.1. The first kappa shape index (κ1) is 29.2. The van der Waals surface area contributed by atoms with Gasteiger partial charge in [-0.25, -0.2) is 0 Å². The lowest BCUT2D eigenvalue weighted by Crippen LogP contribution is -2.02. The number of nitro groups is 1. The van der Waals surface area contributed by atoms with E-state index in [1.807, 2.05) is 0 Å². The lowest BCUT2D eigenvalue weighted by Gasteiger charge is -2.04. The van der Waals surface area contributed by atoms with Gasteiger partial charge in [0.05, 0.1) is 32.3 Å². The number of nitro benzene ring substituents is 1. The van der Waals surface area contributed by atoms with Crippen LogP contribution in [-0.2, 0) is 9.59 Å². The van der Waals surface area contributed by atoms with Crippen LogP contribution in [0.25, 0.3) is 0 Å². The average molecular weight is 501 g/mol. The Morgan fingerprint density at radius 1 is 0.694 bits per heavy atom. The maximum Gasteiger partial charge on any atom is 0.314 e. The molecule has 11 heteroatoms. The fraction of sp³-hybridized carbons (Fsp3) is 0.200. The third-order valence-corrected chi connectivity index (χ3v) is 4.00. The van der Waals surface area contributed by atoms with Gasteiger partial charge in [0.15, 0.2) is 5.75 Å². The number of rotatable bonds is 6. The number of methoxy groups -OCH3 is 3. The summed E-state index contributed by atoms with van der Waals surface area (Å²) in [7, 11) is 4.50. The number of esters is 2. The summed E-state index contributed by atoms with van der Waals surface area (Å²) in [6, 6.07) is 17.3. The normalized spacial score (nSPS) is 9.25. The summed E-state index contributed by atoms with van der Waals surface area (Å²) >= 11 is 0. The molecule has 3 rings (SSSR count). The van der Waals surface area contributed by atoms with Crippen LogP contribution in [0.2, 0.25) is 0 Å². The molecule has 0 aliphatic carbocycles. The van der Waals surface area contributed by atoms with Crippen LogP contribution in [0.5, 0.6) is 34.5 Å². The van der Waals surface area contributed by atoms with Crippen molar-refractivity contribution >= 4 is 17.6 Å². The van der Waals surface area contributed by atoms with Crippen molar-refractivity contribution in [3.8, 4) is 34.5 Å². The van der Waals surface area contributed by atoms with Gasteiger partial charge in [-0.3, -0.25) is 19.7 Å². The molecule has 11 nitrogen and oxygen atoms in total. The molecular weight excluding hydrogens is 474 g/mol. The van der Waals surface area contributed by atoms with E-state index in [0.29, 0.717) is 5.75 Å². The Kier molecular flexibility index (Phi) is 12.3. The van der Waals surface area contributed by atoms with E-state index in [2.05, 4.69) is 0 Å². The molecule has 0 aromatic heterocycles. The van der Waals surface area contributed by atoms with Crippen LogP contribution in [-0.4, -0.2) is 43.3 Å². The number of phenols is 1. The smallest absolute Gasteiger partial charge is 0.314 e. The topological polar surface area (TPSA) is 144 Å². The van der Waals surface area contributed by atoms with Crippen molar-refractivity contribution in [2.45, 2.75) is 13.8 Å². The predicted octanol–water partition coefficient (Wildman–Crippen LogP) is 4.55. The zero-order valence-electron chi connectivity index (χ0n) is 20.4. The van der Waals surface area contributed by atoms with Gasteiger partial charge in [-0.1, -0.05) is 0 Å². The highest BCUT2D eigenvalue weighted by Gasteiger charge is 2.16. The monoisotopic (exact) mass is 501 g/mol. The van der Waals surface area contributed by atoms with Gasteiger partial charge in [0.1, 0.15) is 28.7 Å². The Hall–Kier alpha value is -4.80. The maximum absolute atomic E-state index is 10.6. The molecule has 0 fully saturated rings. The molecule has 0 saturated carbocycles.